The van der Waals surface area contributed by atoms with E-state index in [2.05, 4.69) is 10.0 Å². The molecule has 1 fully saturated rings. The van der Waals surface area contributed by atoms with Gasteiger partial charge < -0.3 is 10.1 Å². The SMILES string of the molecule is CS(=O)(=O)NCCC(=O)NCc1ccc(OC2CCCC2)cc1. The van der Waals surface area contributed by atoms with Gasteiger partial charge in [0.05, 0.1) is 12.4 Å². The summed E-state index contributed by atoms with van der Waals surface area (Å²) in [7, 11) is -3.25. The van der Waals surface area contributed by atoms with Crippen LogP contribution in [0.2, 0.25) is 0 Å². The number of carbonyl (C=O) groups excluding carboxylic acids is 1. The van der Waals surface area contributed by atoms with Crippen LogP contribution in [0.25, 0.3) is 0 Å². The summed E-state index contributed by atoms with van der Waals surface area (Å²) >= 11 is 0. The fraction of sp³-hybridized carbons (Fsp3) is 0.562. The molecule has 0 spiro atoms. The molecule has 0 unspecified atom stereocenters. The molecule has 0 heterocycles. The van der Waals surface area contributed by atoms with Gasteiger partial charge in [0, 0.05) is 19.5 Å². The van der Waals surface area contributed by atoms with Crippen LogP contribution in [0.4, 0.5) is 0 Å². The molecule has 1 aromatic carbocycles. The smallest absolute Gasteiger partial charge is 0.221 e. The van der Waals surface area contributed by atoms with Crippen molar-refractivity contribution < 1.29 is 17.9 Å². The summed E-state index contributed by atoms with van der Waals surface area (Å²) in [5.74, 6) is 0.678. The highest BCUT2D eigenvalue weighted by molar-refractivity contribution is 7.88. The molecule has 1 aromatic rings. The Labute approximate surface area is 137 Å². The maximum Gasteiger partial charge on any atom is 0.221 e. The molecule has 2 rings (SSSR count). The van der Waals surface area contributed by atoms with E-state index in [9.17, 15) is 13.2 Å². The Hall–Kier alpha value is -1.60. The molecule has 1 saturated carbocycles. The molecule has 0 bridgehead atoms. The fourth-order valence-corrected chi connectivity index (χ4v) is 3.00. The molecule has 1 amide bonds. The first-order valence-electron chi connectivity index (χ1n) is 7.89. The van der Waals surface area contributed by atoms with Gasteiger partial charge in [0.25, 0.3) is 0 Å². The van der Waals surface area contributed by atoms with E-state index in [4.69, 9.17) is 4.74 Å². The van der Waals surface area contributed by atoms with Crippen molar-refractivity contribution >= 4 is 15.9 Å². The lowest BCUT2D eigenvalue weighted by Gasteiger charge is -2.13. The zero-order valence-corrected chi connectivity index (χ0v) is 14.2. The molecule has 0 aliphatic heterocycles. The van der Waals surface area contributed by atoms with Crippen molar-refractivity contribution in [1.82, 2.24) is 10.0 Å². The second-order valence-electron chi connectivity index (χ2n) is 5.86. The summed E-state index contributed by atoms with van der Waals surface area (Å²) in [6, 6.07) is 7.70. The van der Waals surface area contributed by atoms with Gasteiger partial charge in [-0.25, -0.2) is 13.1 Å². The fourth-order valence-electron chi connectivity index (χ4n) is 2.52. The predicted molar refractivity (Wildman–Crippen MR) is 88.6 cm³/mol. The van der Waals surface area contributed by atoms with E-state index < -0.39 is 10.0 Å². The van der Waals surface area contributed by atoms with Gasteiger partial charge in [-0.05, 0) is 43.4 Å². The van der Waals surface area contributed by atoms with E-state index in [-0.39, 0.29) is 18.9 Å². The number of ether oxygens (including phenoxy) is 1. The third-order valence-corrected chi connectivity index (χ3v) is 4.46. The summed E-state index contributed by atoms with van der Waals surface area (Å²) in [4.78, 5) is 11.6. The number of nitrogens with one attached hydrogen (secondary N) is 2. The minimum absolute atomic E-state index is 0.110. The predicted octanol–water partition coefficient (Wildman–Crippen LogP) is 1.56. The van der Waals surface area contributed by atoms with Crippen molar-refractivity contribution in [3.8, 4) is 5.75 Å². The maximum absolute atomic E-state index is 11.6. The van der Waals surface area contributed by atoms with Crippen molar-refractivity contribution in [2.45, 2.75) is 44.8 Å². The van der Waals surface area contributed by atoms with Crippen molar-refractivity contribution in [3.05, 3.63) is 29.8 Å². The van der Waals surface area contributed by atoms with Gasteiger partial charge in [-0.2, -0.15) is 0 Å². The van der Waals surface area contributed by atoms with Gasteiger partial charge in [0.2, 0.25) is 15.9 Å². The van der Waals surface area contributed by atoms with Gasteiger partial charge >= 0.3 is 0 Å². The van der Waals surface area contributed by atoms with Crippen LogP contribution in [-0.2, 0) is 21.4 Å². The Morgan fingerprint density at radius 3 is 2.48 bits per heavy atom. The molecular formula is C16H24N2O4S. The second-order valence-corrected chi connectivity index (χ2v) is 7.69. The largest absolute Gasteiger partial charge is 0.490 e. The number of rotatable bonds is 8. The van der Waals surface area contributed by atoms with Crippen molar-refractivity contribution in [2.75, 3.05) is 12.8 Å². The molecular weight excluding hydrogens is 316 g/mol. The number of hydrogen-bond acceptors (Lipinski definition) is 4. The van der Waals surface area contributed by atoms with Crippen molar-refractivity contribution in [1.29, 1.82) is 0 Å². The van der Waals surface area contributed by atoms with Crippen LogP contribution in [0.15, 0.2) is 24.3 Å². The average Bonchev–Trinajstić information content (AvgIpc) is 2.98. The van der Waals surface area contributed by atoms with Crippen molar-refractivity contribution in [3.63, 3.8) is 0 Å². The molecule has 128 valence electrons. The van der Waals surface area contributed by atoms with Crippen LogP contribution >= 0.6 is 0 Å². The molecule has 23 heavy (non-hydrogen) atoms. The Bertz CT molecular complexity index is 607. The summed E-state index contributed by atoms with van der Waals surface area (Å²) in [5, 5.41) is 2.76. The van der Waals surface area contributed by atoms with Crippen LogP contribution in [-0.4, -0.2) is 33.2 Å². The Morgan fingerprint density at radius 1 is 1.22 bits per heavy atom. The van der Waals surface area contributed by atoms with Crippen LogP contribution < -0.4 is 14.8 Å². The van der Waals surface area contributed by atoms with Crippen LogP contribution in [0.1, 0.15) is 37.7 Å². The first kappa shape index (κ1) is 17.7. The number of amides is 1. The molecule has 1 aliphatic rings. The van der Waals surface area contributed by atoms with E-state index in [1.54, 1.807) is 0 Å². The second kappa shape index (κ2) is 8.31. The normalized spacial score (nSPS) is 15.5. The maximum atomic E-state index is 11.6. The summed E-state index contributed by atoms with van der Waals surface area (Å²) in [6.07, 6.45) is 6.25. The molecule has 0 saturated heterocycles. The molecule has 0 atom stereocenters. The molecule has 0 radical (unpaired) electrons. The monoisotopic (exact) mass is 340 g/mol. The molecule has 6 nitrogen and oxygen atoms in total. The zero-order chi connectivity index (χ0) is 16.7. The Morgan fingerprint density at radius 2 is 1.87 bits per heavy atom. The van der Waals surface area contributed by atoms with Crippen LogP contribution in [0, 0.1) is 0 Å². The minimum atomic E-state index is -3.25. The van der Waals surface area contributed by atoms with Crippen LogP contribution in [0.5, 0.6) is 5.75 Å². The van der Waals surface area contributed by atoms with Gasteiger partial charge in [-0.15, -0.1) is 0 Å². The highest BCUT2D eigenvalue weighted by Gasteiger charge is 2.16. The van der Waals surface area contributed by atoms with E-state index in [0.29, 0.717) is 12.6 Å². The molecule has 1 aliphatic carbocycles. The lowest BCUT2D eigenvalue weighted by molar-refractivity contribution is -0.121. The molecule has 0 aromatic heterocycles. The first-order valence-corrected chi connectivity index (χ1v) is 9.78. The summed E-state index contributed by atoms with van der Waals surface area (Å²) in [5.41, 5.74) is 0.980. The highest BCUT2D eigenvalue weighted by Crippen LogP contribution is 2.24. The molecule has 2 N–H and O–H groups in total. The standard InChI is InChI=1S/C16H24N2O4S/c1-23(20,21)18-11-10-16(19)17-12-13-6-8-15(9-7-13)22-14-4-2-3-5-14/h6-9,14,18H,2-5,10-12H2,1H3,(H,17,19). The third kappa shape index (κ3) is 7.00. The zero-order valence-electron chi connectivity index (χ0n) is 13.4. The van der Waals surface area contributed by atoms with Gasteiger partial charge in [0.1, 0.15) is 5.75 Å². The van der Waals surface area contributed by atoms with E-state index in [0.717, 1.165) is 30.4 Å². The molecule has 7 heteroatoms. The highest BCUT2D eigenvalue weighted by atomic mass is 32.2. The van der Waals surface area contributed by atoms with E-state index in [1.807, 2.05) is 24.3 Å². The number of sulfonamides is 1. The number of hydrogen-bond donors (Lipinski definition) is 2. The third-order valence-electron chi connectivity index (χ3n) is 3.73. The average molecular weight is 340 g/mol. The summed E-state index contributed by atoms with van der Waals surface area (Å²) in [6.45, 7) is 0.528. The topological polar surface area (TPSA) is 84.5 Å². The van der Waals surface area contributed by atoms with Gasteiger partial charge in [-0.3, -0.25) is 4.79 Å². The van der Waals surface area contributed by atoms with Crippen LogP contribution in [0.3, 0.4) is 0 Å². The minimum Gasteiger partial charge on any atom is -0.490 e. The van der Waals surface area contributed by atoms with Gasteiger partial charge in [-0.1, -0.05) is 12.1 Å². The Kier molecular flexibility index (Phi) is 6.41. The first-order chi connectivity index (χ1) is 10.9. The van der Waals surface area contributed by atoms with E-state index in [1.165, 1.54) is 12.8 Å². The van der Waals surface area contributed by atoms with Gasteiger partial charge in [0.15, 0.2) is 0 Å². The quantitative estimate of drug-likeness (QED) is 0.752. The summed E-state index contributed by atoms with van der Waals surface area (Å²) < 4.78 is 30.0. The number of carbonyl (C=O) groups is 1. The van der Waals surface area contributed by atoms with Crippen molar-refractivity contribution in [2.24, 2.45) is 0 Å². The number of benzene rings is 1. The lowest BCUT2D eigenvalue weighted by Crippen LogP contribution is -2.29. The van der Waals surface area contributed by atoms with E-state index >= 15 is 0 Å². The lowest BCUT2D eigenvalue weighted by atomic mass is 10.2. The Balaban J connectivity index is 1.69.